The Morgan fingerprint density at radius 2 is 2.04 bits per heavy atom. The van der Waals surface area contributed by atoms with E-state index >= 15 is 0 Å². The molecule has 1 aliphatic rings. The third-order valence-electron chi connectivity index (χ3n) is 5.04. The lowest BCUT2D eigenvalue weighted by atomic mass is 9.99. The molecule has 1 N–H and O–H groups in total. The van der Waals surface area contributed by atoms with E-state index in [0.717, 1.165) is 23.2 Å². The molecule has 2 heterocycles. The van der Waals surface area contributed by atoms with Crippen LogP contribution in [0.4, 0.5) is 5.69 Å². The van der Waals surface area contributed by atoms with Crippen LogP contribution in [-0.2, 0) is 27.2 Å². The van der Waals surface area contributed by atoms with Gasteiger partial charge < -0.3 is 14.6 Å². The third kappa shape index (κ3) is 3.81. The number of hydrogen-bond acceptors (Lipinski definition) is 5. The smallest absolute Gasteiger partial charge is 0.306 e. The fraction of sp³-hybridized carbons (Fsp3) is 0.333. The van der Waals surface area contributed by atoms with Crippen LogP contribution in [0.3, 0.4) is 0 Å². The molecule has 0 saturated carbocycles. The number of hydrogen-bond donors (Lipinski definition) is 1. The van der Waals surface area contributed by atoms with Crippen molar-refractivity contribution in [3.8, 4) is 6.07 Å². The van der Waals surface area contributed by atoms with E-state index in [1.165, 1.54) is 0 Å². The summed E-state index contributed by atoms with van der Waals surface area (Å²) in [6, 6.07) is 9.57. The van der Waals surface area contributed by atoms with Gasteiger partial charge in [0.15, 0.2) is 6.61 Å². The summed E-state index contributed by atoms with van der Waals surface area (Å²) in [5.41, 5.74) is 3.54. The standard InChI is InChI=1S/C21H21N3O4/c1-13-16(14(2)23-21(27)17(13)11-22)7-8-20(26)28-12-19(25)24-10-9-15-5-3-4-6-18(15)24/h3-6H,7-10,12H2,1-2H3,(H,23,27). The number of aromatic nitrogens is 1. The van der Waals surface area contributed by atoms with Crippen molar-refractivity contribution in [3.05, 3.63) is 62.6 Å². The number of anilines is 1. The summed E-state index contributed by atoms with van der Waals surface area (Å²) < 4.78 is 5.15. The zero-order chi connectivity index (χ0) is 20.3. The molecule has 0 fully saturated rings. The average Bonchev–Trinajstić information content (AvgIpc) is 3.10. The molecule has 0 bridgehead atoms. The van der Waals surface area contributed by atoms with Crippen LogP contribution in [-0.4, -0.2) is 30.0 Å². The Labute approximate surface area is 162 Å². The van der Waals surface area contributed by atoms with Gasteiger partial charge in [0.05, 0.1) is 0 Å². The van der Waals surface area contributed by atoms with E-state index in [0.29, 0.717) is 24.2 Å². The van der Waals surface area contributed by atoms with Crippen LogP contribution < -0.4 is 10.5 Å². The van der Waals surface area contributed by atoms with Crippen molar-refractivity contribution < 1.29 is 14.3 Å². The topological polar surface area (TPSA) is 103 Å². The predicted octanol–water partition coefficient (Wildman–Crippen LogP) is 1.93. The van der Waals surface area contributed by atoms with Gasteiger partial charge >= 0.3 is 5.97 Å². The molecule has 1 aliphatic heterocycles. The Kier molecular flexibility index (Phi) is 5.59. The molecule has 7 heteroatoms. The first-order valence-electron chi connectivity index (χ1n) is 9.08. The molecular weight excluding hydrogens is 358 g/mol. The molecule has 28 heavy (non-hydrogen) atoms. The van der Waals surface area contributed by atoms with Gasteiger partial charge in [0.25, 0.3) is 11.5 Å². The number of carbonyl (C=O) groups is 2. The van der Waals surface area contributed by atoms with E-state index in [4.69, 9.17) is 10.00 Å². The van der Waals surface area contributed by atoms with Gasteiger partial charge in [-0.25, -0.2) is 0 Å². The van der Waals surface area contributed by atoms with Crippen LogP contribution in [0, 0.1) is 25.2 Å². The van der Waals surface area contributed by atoms with Crippen LogP contribution in [0.15, 0.2) is 29.1 Å². The van der Waals surface area contributed by atoms with Crippen molar-refractivity contribution in [2.45, 2.75) is 33.1 Å². The molecule has 0 saturated heterocycles. The van der Waals surface area contributed by atoms with Crippen molar-refractivity contribution in [1.29, 1.82) is 5.26 Å². The minimum absolute atomic E-state index is 0.0526. The second-order valence-corrected chi connectivity index (χ2v) is 6.75. The summed E-state index contributed by atoms with van der Waals surface area (Å²) in [5.74, 6) is -0.745. The molecule has 0 atom stereocenters. The van der Waals surface area contributed by atoms with E-state index in [1.54, 1.807) is 18.7 Å². The SMILES string of the molecule is Cc1[nH]c(=O)c(C#N)c(C)c1CCC(=O)OCC(=O)N1CCc2ccccc21. The second-order valence-electron chi connectivity index (χ2n) is 6.75. The molecule has 3 rings (SSSR count). The Morgan fingerprint density at radius 3 is 2.79 bits per heavy atom. The van der Waals surface area contributed by atoms with Gasteiger partial charge in [-0.2, -0.15) is 5.26 Å². The number of carbonyl (C=O) groups excluding carboxylic acids is 2. The van der Waals surface area contributed by atoms with E-state index < -0.39 is 11.5 Å². The maximum atomic E-state index is 12.4. The first-order chi connectivity index (χ1) is 13.4. The average molecular weight is 379 g/mol. The normalized spacial score (nSPS) is 12.4. The van der Waals surface area contributed by atoms with Gasteiger partial charge in [-0.3, -0.25) is 14.4 Å². The van der Waals surface area contributed by atoms with Gasteiger partial charge in [-0.05, 0) is 49.4 Å². The maximum Gasteiger partial charge on any atom is 0.306 e. The molecular formula is C21H21N3O4. The lowest BCUT2D eigenvalue weighted by molar-refractivity contribution is -0.147. The molecule has 144 valence electrons. The van der Waals surface area contributed by atoms with E-state index in [1.807, 2.05) is 30.3 Å². The Bertz CT molecular complexity index is 1030. The number of nitrogens with zero attached hydrogens (tertiary/aromatic N) is 2. The Morgan fingerprint density at radius 1 is 1.29 bits per heavy atom. The van der Waals surface area contributed by atoms with Crippen LogP contribution in [0.25, 0.3) is 0 Å². The lowest BCUT2D eigenvalue weighted by Crippen LogP contribution is -2.33. The summed E-state index contributed by atoms with van der Waals surface area (Å²) in [4.78, 5) is 40.5. The number of esters is 1. The van der Waals surface area contributed by atoms with Crippen LogP contribution in [0.2, 0.25) is 0 Å². The summed E-state index contributed by atoms with van der Waals surface area (Å²) in [6.45, 7) is 3.70. The van der Waals surface area contributed by atoms with Crippen LogP contribution >= 0.6 is 0 Å². The van der Waals surface area contributed by atoms with E-state index in [-0.39, 0.29) is 24.5 Å². The number of nitrogens with one attached hydrogen (secondary N) is 1. The molecule has 0 aliphatic carbocycles. The number of amides is 1. The van der Waals surface area contributed by atoms with E-state index in [2.05, 4.69) is 4.98 Å². The number of benzene rings is 1. The minimum Gasteiger partial charge on any atom is -0.456 e. The van der Waals surface area contributed by atoms with Crippen molar-refractivity contribution in [2.24, 2.45) is 0 Å². The predicted molar refractivity (Wildman–Crippen MR) is 103 cm³/mol. The fourth-order valence-corrected chi connectivity index (χ4v) is 3.54. The van der Waals surface area contributed by atoms with Gasteiger partial charge in [0.2, 0.25) is 0 Å². The number of pyridine rings is 1. The highest BCUT2D eigenvalue weighted by atomic mass is 16.5. The number of rotatable bonds is 5. The number of ether oxygens (including phenoxy) is 1. The van der Waals surface area contributed by atoms with Crippen molar-refractivity contribution in [2.75, 3.05) is 18.1 Å². The third-order valence-corrected chi connectivity index (χ3v) is 5.04. The molecule has 1 amide bonds. The molecule has 0 radical (unpaired) electrons. The largest absolute Gasteiger partial charge is 0.456 e. The highest BCUT2D eigenvalue weighted by Gasteiger charge is 2.25. The molecule has 1 aromatic heterocycles. The maximum absolute atomic E-state index is 12.4. The first kappa shape index (κ1) is 19.4. The number of fused-ring (bicyclic) bond motifs is 1. The van der Waals surface area contributed by atoms with Crippen LogP contribution in [0.1, 0.15) is 34.4 Å². The first-order valence-corrected chi connectivity index (χ1v) is 9.08. The van der Waals surface area contributed by atoms with Crippen LogP contribution in [0.5, 0.6) is 0 Å². The quantitative estimate of drug-likeness (QED) is 0.800. The molecule has 7 nitrogen and oxygen atoms in total. The zero-order valence-electron chi connectivity index (χ0n) is 15.9. The summed E-state index contributed by atoms with van der Waals surface area (Å²) in [6.07, 6.45) is 1.17. The fourth-order valence-electron chi connectivity index (χ4n) is 3.54. The number of H-pyrrole nitrogens is 1. The highest BCUT2D eigenvalue weighted by Crippen LogP contribution is 2.27. The molecule has 0 spiro atoms. The lowest BCUT2D eigenvalue weighted by Gasteiger charge is -2.17. The Balaban J connectivity index is 1.57. The van der Waals surface area contributed by atoms with Gasteiger partial charge in [-0.15, -0.1) is 0 Å². The Hall–Kier alpha value is -3.40. The van der Waals surface area contributed by atoms with Gasteiger partial charge in [0, 0.05) is 24.3 Å². The van der Waals surface area contributed by atoms with Crippen molar-refractivity contribution in [3.63, 3.8) is 0 Å². The second kappa shape index (κ2) is 8.09. The zero-order valence-corrected chi connectivity index (χ0v) is 15.9. The molecule has 1 aromatic carbocycles. The number of aromatic amines is 1. The highest BCUT2D eigenvalue weighted by molar-refractivity contribution is 5.97. The summed E-state index contributed by atoms with van der Waals surface area (Å²) in [7, 11) is 0. The number of para-hydroxylation sites is 1. The monoisotopic (exact) mass is 379 g/mol. The minimum atomic E-state index is -0.496. The summed E-state index contributed by atoms with van der Waals surface area (Å²) >= 11 is 0. The van der Waals surface area contributed by atoms with Gasteiger partial charge in [-0.1, -0.05) is 18.2 Å². The van der Waals surface area contributed by atoms with Crippen molar-refractivity contribution in [1.82, 2.24) is 4.98 Å². The number of nitriles is 1. The number of aryl methyl sites for hydroxylation is 1. The van der Waals surface area contributed by atoms with Gasteiger partial charge in [0.1, 0.15) is 11.6 Å². The van der Waals surface area contributed by atoms with E-state index in [9.17, 15) is 14.4 Å². The van der Waals surface area contributed by atoms with Crippen molar-refractivity contribution >= 4 is 17.6 Å². The molecule has 0 unspecified atom stereocenters. The molecule has 2 aromatic rings. The summed E-state index contributed by atoms with van der Waals surface area (Å²) in [5, 5.41) is 9.11.